The number of fused-ring (bicyclic) bond motifs is 1. The number of ether oxygens (including phenoxy) is 1. The first-order valence-electron chi connectivity index (χ1n) is 9.27. The molecule has 2 amide bonds. The fourth-order valence-electron chi connectivity index (χ4n) is 3.59. The number of aromatic nitrogens is 1. The predicted octanol–water partition coefficient (Wildman–Crippen LogP) is 2.73. The van der Waals surface area contributed by atoms with Crippen molar-refractivity contribution in [2.75, 3.05) is 19.7 Å². The minimum atomic E-state index is -0.470. The summed E-state index contributed by atoms with van der Waals surface area (Å²) >= 11 is 0. The summed E-state index contributed by atoms with van der Waals surface area (Å²) in [5.74, 6) is 0.224. The third-order valence-corrected chi connectivity index (χ3v) is 5.07. The first-order valence-corrected chi connectivity index (χ1v) is 9.27. The number of para-hydroxylation sites is 2. The van der Waals surface area contributed by atoms with Crippen molar-refractivity contribution < 1.29 is 14.3 Å². The van der Waals surface area contributed by atoms with Gasteiger partial charge in [0, 0.05) is 30.1 Å². The number of likely N-dealkylation sites (tertiary alicyclic amines) is 1. The maximum Gasteiger partial charge on any atom is 0.260 e. The monoisotopic (exact) mass is 375 g/mol. The summed E-state index contributed by atoms with van der Waals surface area (Å²) in [6.45, 7) is 1.21. The molecule has 0 saturated carbocycles. The van der Waals surface area contributed by atoms with E-state index < -0.39 is 5.91 Å². The molecular weight excluding hydrogens is 354 g/mol. The quantitative estimate of drug-likeness (QED) is 0.743. The molecule has 1 fully saturated rings. The Balaban J connectivity index is 1.48. The minimum absolute atomic E-state index is 0.00835. The average Bonchev–Trinajstić information content (AvgIpc) is 3.22. The molecule has 6 nitrogen and oxygen atoms in total. The van der Waals surface area contributed by atoms with Crippen LogP contribution in [0.5, 0.6) is 5.75 Å². The number of primary amides is 1. The molecule has 1 aliphatic heterocycles. The number of carbonyl (C=O) groups is 2. The van der Waals surface area contributed by atoms with E-state index in [1.807, 2.05) is 54.6 Å². The van der Waals surface area contributed by atoms with Gasteiger partial charge in [0.2, 0.25) is 5.91 Å². The maximum absolute atomic E-state index is 12.5. The third-order valence-electron chi connectivity index (χ3n) is 5.07. The van der Waals surface area contributed by atoms with E-state index in [-0.39, 0.29) is 18.4 Å². The van der Waals surface area contributed by atoms with Gasteiger partial charge >= 0.3 is 0 Å². The number of benzene rings is 2. The lowest BCUT2D eigenvalue weighted by atomic mass is 9.99. The lowest BCUT2D eigenvalue weighted by Gasteiger charge is -2.17. The highest BCUT2D eigenvalue weighted by Gasteiger charge is 2.29. The summed E-state index contributed by atoms with van der Waals surface area (Å²) in [6, 6.07) is 18.5. The van der Waals surface area contributed by atoms with Crippen molar-refractivity contribution in [2.45, 2.75) is 12.3 Å². The second-order valence-electron chi connectivity index (χ2n) is 6.90. The van der Waals surface area contributed by atoms with E-state index in [1.54, 1.807) is 11.0 Å². The minimum Gasteiger partial charge on any atom is -0.484 e. The molecule has 1 aliphatic rings. The number of pyridine rings is 1. The van der Waals surface area contributed by atoms with Crippen LogP contribution >= 0.6 is 0 Å². The van der Waals surface area contributed by atoms with Gasteiger partial charge in [0.05, 0.1) is 11.1 Å². The first-order chi connectivity index (χ1) is 13.6. The normalized spacial score (nSPS) is 16.3. The highest BCUT2D eigenvalue weighted by Crippen LogP contribution is 2.29. The fraction of sp³-hybridized carbons (Fsp3) is 0.227. The lowest BCUT2D eigenvalue weighted by Crippen LogP contribution is -2.32. The van der Waals surface area contributed by atoms with Gasteiger partial charge in [0.15, 0.2) is 6.61 Å². The topological polar surface area (TPSA) is 85.5 Å². The van der Waals surface area contributed by atoms with Crippen LogP contribution in [0.2, 0.25) is 0 Å². The van der Waals surface area contributed by atoms with Crippen LogP contribution in [-0.2, 0) is 4.79 Å². The van der Waals surface area contributed by atoms with Crippen molar-refractivity contribution in [1.29, 1.82) is 0 Å². The molecule has 6 heteroatoms. The molecule has 0 aliphatic carbocycles. The van der Waals surface area contributed by atoms with E-state index in [2.05, 4.69) is 0 Å². The van der Waals surface area contributed by atoms with Gasteiger partial charge in [0.1, 0.15) is 5.75 Å². The van der Waals surface area contributed by atoms with Crippen molar-refractivity contribution >= 4 is 22.7 Å². The van der Waals surface area contributed by atoms with Crippen LogP contribution in [0, 0.1) is 0 Å². The number of hydrogen-bond acceptors (Lipinski definition) is 4. The number of carbonyl (C=O) groups excluding carboxylic acids is 2. The standard InChI is InChI=1S/C22H21N3O3/c23-22(27)18-12-20(24-19-9-5-4-8-17(18)19)15-10-11-25(13-15)21(26)14-28-16-6-2-1-3-7-16/h1-9,12,15H,10-11,13-14H2,(H2,23,27). The Kier molecular flexibility index (Phi) is 4.93. The molecule has 0 spiro atoms. The SMILES string of the molecule is NC(=O)c1cc(C2CCN(C(=O)COc3ccccc3)C2)nc2ccccc12. The average molecular weight is 375 g/mol. The van der Waals surface area contributed by atoms with Crippen LogP contribution in [0.25, 0.3) is 10.9 Å². The largest absolute Gasteiger partial charge is 0.484 e. The summed E-state index contributed by atoms with van der Waals surface area (Å²) < 4.78 is 5.56. The molecule has 1 atom stereocenters. The lowest BCUT2D eigenvalue weighted by molar-refractivity contribution is -0.132. The number of amides is 2. The molecule has 2 N–H and O–H groups in total. The number of nitrogens with two attached hydrogens (primary N) is 1. The molecule has 142 valence electrons. The number of nitrogens with zero attached hydrogens (tertiary/aromatic N) is 2. The van der Waals surface area contributed by atoms with Crippen molar-refractivity contribution in [3.8, 4) is 5.75 Å². The second kappa shape index (κ2) is 7.68. The summed E-state index contributed by atoms with van der Waals surface area (Å²) in [6.07, 6.45) is 0.792. The van der Waals surface area contributed by atoms with Gasteiger partial charge in [0.25, 0.3) is 5.91 Å². The zero-order valence-electron chi connectivity index (χ0n) is 15.4. The molecule has 1 saturated heterocycles. The molecule has 3 aromatic rings. The van der Waals surface area contributed by atoms with E-state index in [1.165, 1.54) is 0 Å². The molecule has 4 rings (SSSR count). The zero-order valence-corrected chi connectivity index (χ0v) is 15.4. The van der Waals surface area contributed by atoms with Crippen LogP contribution < -0.4 is 10.5 Å². The van der Waals surface area contributed by atoms with Gasteiger partial charge in [-0.05, 0) is 30.7 Å². The summed E-state index contributed by atoms with van der Waals surface area (Å²) in [4.78, 5) is 30.9. The Hall–Kier alpha value is -3.41. The Morgan fingerprint density at radius 2 is 1.86 bits per heavy atom. The molecule has 1 aromatic heterocycles. The Labute approximate surface area is 162 Å². The van der Waals surface area contributed by atoms with Gasteiger partial charge in [-0.1, -0.05) is 36.4 Å². The molecule has 0 bridgehead atoms. The fourth-order valence-corrected chi connectivity index (χ4v) is 3.59. The number of rotatable bonds is 5. The van der Waals surface area contributed by atoms with Gasteiger partial charge in [-0.2, -0.15) is 0 Å². The van der Waals surface area contributed by atoms with Crippen LogP contribution in [0.3, 0.4) is 0 Å². The molecule has 2 heterocycles. The van der Waals surface area contributed by atoms with Gasteiger partial charge in [-0.25, -0.2) is 0 Å². The highest BCUT2D eigenvalue weighted by molar-refractivity contribution is 6.05. The van der Waals surface area contributed by atoms with Gasteiger partial charge < -0.3 is 15.4 Å². The molecular formula is C22H21N3O3. The molecule has 28 heavy (non-hydrogen) atoms. The second-order valence-corrected chi connectivity index (χ2v) is 6.90. The van der Waals surface area contributed by atoms with E-state index in [0.29, 0.717) is 24.4 Å². The predicted molar refractivity (Wildman–Crippen MR) is 106 cm³/mol. The van der Waals surface area contributed by atoms with E-state index in [4.69, 9.17) is 15.5 Å². The first kappa shape index (κ1) is 18.0. The molecule has 2 aromatic carbocycles. The molecule has 0 radical (unpaired) electrons. The highest BCUT2D eigenvalue weighted by atomic mass is 16.5. The third kappa shape index (κ3) is 3.67. The summed E-state index contributed by atoms with van der Waals surface area (Å²) in [7, 11) is 0. The smallest absolute Gasteiger partial charge is 0.260 e. The van der Waals surface area contributed by atoms with Gasteiger partial charge in [-0.3, -0.25) is 14.6 Å². The Morgan fingerprint density at radius 1 is 1.11 bits per heavy atom. The van der Waals surface area contributed by atoms with Crippen LogP contribution in [-0.4, -0.2) is 41.4 Å². The van der Waals surface area contributed by atoms with Gasteiger partial charge in [-0.15, -0.1) is 0 Å². The van der Waals surface area contributed by atoms with Crippen molar-refractivity contribution in [2.24, 2.45) is 5.73 Å². The molecule has 1 unspecified atom stereocenters. The van der Waals surface area contributed by atoms with Crippen LogP contribution in [0.1, 0.15) is 28.4 Å². The Morgan fingerprint density at radius 3 is 2.64 bits per heavy atom. The van der Waals surface area contributed by atoms with Crippen molar-refractivity contribution in [3.05, 3.63) is 71.9 Å². The van der Waals surface area contributed by atoms with Crippen LogP contribution in [0.15, 0.2) is 60.7 Å². The Bertz CT molecular complexity index is 1020. The number of hydrogen-bond donors (Lipinski definition) is 1. The van der Waals surface area contributed by atoms with Crippen LogP contribution in [0.4, 0.5) is 0 Å². The summed E-state index contributed by atoms with van der Waals surface area (Å²) in [5, 5.41) is 0.751. The zero-order chi connectivity index (χ0) is 19.5. The van der Waals surface area contributed by atoms with E-state index >= 15 is 0 Å². The maximum atomic E-state index is 12.5. The van der Waals surface area contributed by atoms with Crippen molar-refractivity contribution in [1.82, 2.24) is 9.88 Å². The van der Waals surface area contributed by atoms with Crippen molar-refractivity contribution in [3.63, 3.8) is 0 Å². The van der Waals surface area contributed by atoms with E-state index in [0.717, 1.165) is 23.0 Å². The summed E-state index contributed by atoms with van der Waals surface area (Å²) in [5.41, 5.74) is 7.58. The van der Waals surface area contributed by atoms with E-state index in [9.17, 15) is 9.59 Å².